The second-order valence-corrected chi connectivity index (χ2v) is 6.38. The van der Waals surface area contributed by atoms with Crippen LogP contribution in [0.25, 0.3) is 11.1 Å². The van der Waals surface area contributed by atoms with Crippen molar-refractivity contribution in [1.82, 2.24) is 10.3 Å². The minimum Gasteiger partial charge on any atom is -0.366 e. The number of aromatic nitrogens is 1. The van der Waals surface area contributed by atoms with Gasteiger partial charge in [0.15, 0.2) is 0 Å². The van der Waals surface area contributed by atoms with Gasteiger partial charge < -0.3 is 11.1 Å². The summed E-state index contributed by atoms with van der Waals surface area (Å²) in [7, 11) is 0. The van der Waals surface area contributed by atoms with Crippen molar-refractivity contribution in [3.63, 3.8) is 0 Å². The van der Waals surface area contributed by atoms with Crippen LogP contribution in [0.15, 0.2) is 30.5 Å². The molecule has 6 heteroatoms. The van der Waals surface area contributed by atoms with Crippen molar-refractivity contribution in [3.8, 4) is 11.1 Å². The number of hydrogen-bond acceptors (Lipinski definition) is 3. The molecule has 0 bridgehead atoms. The number of pyridine rings is 1. The lowest BCUT2D eigenvalue weighted by molar-refractivity contribution is 0.0932. The fourth-order valence-electron chi connectivity index (χ4n) is 3.14. The number of nitrogens with two attached hydrogens (primary N) is 1. The van der Waals surface area contributed by atoms with Gasteiger partial charge in [-0.1, -0.05) is 18.9 Å². The molecule has 1 aromatic heterocycles. The zero-order chi connectivity index (χ0) is 18.0. The minimum atomic E-state index is -0.694. The van der Waals surface area contributed by atoms with E-state index in [2.05, 4.69) is 10.3 Å². The Hall–Kier alpha value is -2.76. The highest BCUT2D eigenvalue weighted by Crippen LogP contribution is 2.26. The van der Waals surface area contributed by atoms with E-state index in [0.717, 1.165) is 31.7 Å². The van der Waals surface area contributed by atoms with E-state index in [0.29, 0.717) is 22.4 Å². The monoisotopic (exact) mass is 341 g/mol. The molecule has 1 aliphatic carbocycles. The molecule has 1 fully saturated rings. The van der Waals surface area contributed by atoms with Crippen LogP contribution < -0.4 is 11.1 Å². The third-order valence-corrected chi connectivity index (χ3v) is 4.63. The number of carbonyl (C=O) groups excluding carboxylic acids is 2. The zero-order valence-electron chi connectivity index (χ0n) is 14.0. The van der Waals surface area contributed by atoms with Crippen molar-refractivity contribution in [2.45, 2.75) is 38.6 Å². The topological polar surface area (TPSA) is 85.1 Å². The van der Waals surface area contributed by atoms with Crippen LogP contribution in [0.1, 0.15) is 52.1 Å². The first-order chi connectivity index (χ1) is 12.0. The van der Waals surface area contributed by atoms with Crippen LogP contribution in [0.4, 0.5) is 4.39 Å². The van der Waals surface area contributed by atoms with Crippen molar-refractivity contribution in [1.29, 1.82) is 0 Å². The Balaban J connectivity index is 1.85. The molecule has 3 N–H and O–H groups in total. The number of amides is 2. The van der Waals surface area contributed by atoms with Crippen LogP contribution in [-0.2, 0) is 0 Å². The SMILES string of the molecule is Cc1c(F)cc(C(N)=O)cc1-c1ccc(C(=O)NC2CCCC2)nc1. The van der Waals surface area contributed by atoms with Crippen LogP contribution in [0, 0.1) is 12.7 Å². The molecule has 1 saturated carbocycles. The summed E-state index contributed by atoms with van der Waals surface area (Å²) in [5.74, 6) is -1.40. The predicted molar refractivity (Wildman–Crippen MR) is 92.6 cm³/mol. The molecule has 1 aliphatic rings. The standard InChI is InChI=1S/C19H20FN3O2/c1-11-15(8-13(18(21)24)9-16(11)20)12-6-7-17(22-10-12)19(25)23-14-4-2-3-5-14/h6-10,14H,2-5H2,1H3,(H2,21,24)(H,23,25). The zero-order valence-corrected chi connectivity index (χ0v) is 14.0. The van der Waals surface area contributed by atoms with Crippen LogP contribution >= 0.6 is 0 Å². The smallest absolute Gasteiger partial charge is 0.270 e. The maximum Gasteiger partial charge on any atom is 0.270 e. The van der Waals surface area contributed by atoms with Gasteiger partial charge in [-0.05, 0) is 49.1 Å². The molecule has 0 saturated heterocycles. The summed E-state index contributed by atoms with van der Waals surface area (Å²) >= 11 is 0. The van der Waals surface area contributed by atoms with Crippen LogP contribution in [0.5, 0.6) is 0 Å². The number of primary amides is 1. The van der Waals surface area contributed by atoms with Crippen molar-refractivity contribution in [2.24, 2.45) is 5.73 Å². The molecular formula is C19H20FN3O2. The molecule has 3 rings (SSSR count). The quantitative estimate of drug-likeness (QED) is 0.896. The predicted octanol–water partition coefficient (Wildman–Crippen LogP) is 2.97. The molecule has 1 heterocycles. The Morgan fingerprint density at radius 2 is 1.96 bits per heavy atom. The van der Waals surface area contributed by atoms with Crippen molar-refractivity contribution < 1.29 is 14.0 Å². The van der Waals surface area contributed by atoms with E-state index in [-0.39, 0.29) is 17.5 Å². The number of halogens is 1. The number of nitrogens with zero attached hydrogens (tertiary/aromatic N) is 1. The molecule has 25 heavy (non-hydrogen) atoms. The summed E-state index contributed by atoms with van der Waals surface area (Å²) in [5, 5.41) is 2.98. The van der Waals surface area contributed by atoms with E-state index < -0.39 is 11.7 Å². The van der Waals surface area contributed by atoms with Gasteiger partial charge in [-0.2, -0.15) is 0 Å². The van der Waals surface area contributed by atoms with E-state index >= 15 is 0 Å². The molecular weight excluding hydrogens is 321 g/mol. The Bertz CT molecular complexity index is 812. The van der Waals surface area contributed by atoms with E-state index in [1.54, 1.807) is 19.1 Å². The molecule has 2 amide bonds. The normalized spacial score (nSPS) is 14.5. The molecule has 0 atom stereocenters. The summed E-state index contributed by atoms with van der Waals surface area (Å²) in [6, 6.07) is 6.18. The number of carbonyl (C=O) groups is 2. The largest absolute Gasteiger partial charge is 0.366 e. The molecule has 2 aromatic rings. The maximum atomic E-state index is 14.0. The molecule has 5 nitrogen and oxygen atoms in total. The third-order valence-electron chi connectivity index (χ3n) is 4.63. The van der Waals surface area contributed by atoms with Crippen molar-refractivity contribution in [2.75, 3.05) is 0 Å². The average molecular weight is 341 g/mol. The van der Waals surface area contributed by atoms with Crippen LogP contribution in [0.3, 0.4) is 0 Å². The first kappa shape index (κ1) is 17.1. The molecule has 0 unspecified atom stereocenters. The molecule has 0 spiro atoms. The number of benzene rings is 1. The van der Waals surface area contributed by atoms with Gasteiger partial charge >= 0.3 is 0 Å². The maximum absolute atomic E-state index is 14.0. The fraction of sp³-hybridized carbons (Fsp3) is 0.316. The van der Waals surface area contributed by atoms with Gasteiger partial charge in [0.25, 0.3) is 5.91 Å². The van der Waals surface area contributed by atoms with Gasteiger partial charge in [-0.15, -0.1) is 0 Å². The minimum absolute atomic E-state index is 0.0983. The van der Waals surface area contributed by atoms with E-state index in [9.17, 15) is 14.0 Å². The number of rotatable bonds is 4. The van der Waals surface area contributed by atoms with Crippen LogP contribution in [-0.4, -0.2) is 22.8 Å². The highest BCUT2D eigenvalue weighted by atomic mass is 19.1. The van der Waals surface area contributed by atoms with Crippen LogP contribution in [0.2, 0.25) is 0 Å². The fourth-order valence-corrected chi connectivity index (χ4v) is 3.14. The summed E-state index contributed by atoms with van der Waals surface area (Å²) in [4.78, 5) is 27.8. The van der Waals surface area contributed by atoms with Gasteiger partial charge in [0.1, 0.15) is 11.5 Å². The summed E-state index contributed by atoms with van der Waals surface area (Å²) in [6.07, 6.45) is 5.79. The third kappa shape index (κ3) is 3.68. The van der Waals surface area contributed by atoms with E-state index in [1.165, 1.54) is 12.3 Å². The Kier molecular flexibility index (Phi) is 4.79. The van der Waals surface area contributed by atoms with Gasteiger partial charge in [0.05, 0.1) is 0 Å². The second kappa shape index (κ2) is 7.01. The Morgan fingerprint density at radius 1 is 1.24 bits per heavy atom. The van der Waals surface area contributed by atoms with Gasteiger partial charge in [-0.25, -0.2) is 4.39 Å². The lowest BCUT2D eigenvalue weighted by Crippen LogP contribution is -2.33. The number of hydrogen-bond donors (Lipinski definition) is 2. The first-order valence-corrected chi connectivity index (χ1v) is 8.33. The van der Waals surface area contributed by atoms with Gasteiger partial charge in [0.2, 0.25) is 5.91 Å². The first-order valence-electron chi connectivity index (χ1n) is 8.33. The average Bonchev–Trinajstić information content (AvgIpc) is 3.10. The van der Waals surface area contributed by atoms with Crippen molar-refractivity contribution >= 4 is 11.8 Å². The van der Waals surface area contributed by atoms with E-state index in [1.807, 2.05) is 0 Å². The Morgan fingerprint density at radius 3 is 2.56 bits per heavy atom. The molecule has 1 aromatic carbocycles. The Labute approximate surface area is 145 Å². The highest BCUT2D eigenvalue weighted by Gasteiger charge is 2.19. The molecule has 0 aliphatic heterocycles. The lowest BCUT2D eigenvalue weighted by Gasteiger charge is -2.12. The molecule has 0 radical (unpaired) electrons. The van der Waals surface area contributed by atoms with E-state index in [4.69, 9.17) is 5.73 Å². The summed E-state index contributed by atoms with van der Waals surface area (Å²) in [5.41, 5.74) is 7.22. The van der Waals surface area contributed by atoms with Gasteiger partial charge in [0, 0.05) is 23.4 Å². The highest BCUT2D eigenvalue weighted by molar-refractivity contribution is 5.95. The molecule has 130 valence electrons. The summed E-state index contributed by atoms with van der Waals surface area (Å²) in [6.45, 7) is 1.62. The number of nitrogens with one attached hydrogen (secondary N) is 1. The van der Waals surface area contributed by atoms with Crippen molar-refractivity contribution in [3.05, 3.63) is 53.1 Å². The van der Waals surface area contributed by atoms with Gasteiger partial charge in [-0.3, -0.25) is 14.6 Å². The second-order valence-electron chi connectivity index (χ2n) is 6.38. The lowest BCUT2D eigenvalue weighted by atomic mass is 9.98. The summed E-state index contributed by atoms with van der Waals surface area (Å²) < 4.78 is 14.0.